The van der Waals surface area contributed by atoms with Gasteiger partial charge in [-0.25, -0.2) is 18.2 Å². The van der Waals surface area contributed by atoms with Gasteiger partial charge in [-0.15, -0.1) is 22.7 Å². The fourth-order valence-electron chi connectivity index (χ4n) is 1.53. The lowest BCUT2D eigenvalue weighted by atomic mass is 10.3. The zero-order valence-corrected chi connectivity index (χ0v) is 13.2. The maximum Gasteiger partial charge on any atom is 0.336 e. The molecule has 0 radical (unpaired) electrons. The van der Waals surface area contributed by atoms with E-state index in [2.05, 4.69) is 9.71 Å². The van der Waals surface area contributed by atoms with Crippen LogP contribution in [0.15, 0.2) is 15.7 Å². The molecule has 9 heteroatoms. The van der Waals surface area contributed by atoms with E-state index in [1.807, 2.05) is 13.8 Å². The second kappa shape index (κ2) is 5.51. The summed E-state index contributed by atoms with van der Waals surface area (Å²) in [4.78, 5) is 15.9. The average Bonchev–Trinajstić information content (AvgIpc) is 2.95. The second-order valence-electron chi connectivity index (χ2n) is 3.94. The van der Waals surface area contributed by atoms with E-state index < -0.39 is 16.0 Å². The minimum absolute atomic E-state index is 0.0409. The van der Waals surface area contributed by atoms with Gasteiger partial charge in [0, 0.05) is 10.3 Å². The van der Waals surface area contributed by atoms with Gasteiger partial charge in [-0.1, -0.05) is 6.92 Å². The molecule has 0 saturated heterocycles. The van der Waals surface area contributed by atoms with Crippen LogP contribution in [0, 0.1) is 6.92 Å². The Morgan fingerprint density at radius 3 is 2.70 bits per heavy atom. The predicted octanol–water partition coefficient (Wildman–Crippen LogP) is 2.57. The predicted molar refractivity (Wildman–Crippen MR) is 78.3 cm³/mol. The van der Waals surface area contributed by atoms with Crippen LogP contribution in [0.2, 0.25) is 0 Å². The fourth-order valence-corrected chi connectivity index (χ4v) is 4.83. The summed E-state index contributed by atoms with van der Waals surface area (Å²) in [5, 5.41) is 10.4. The van der Waals surface area contributed by atoms with Crippen LogP contribution in [0.4, 0.5) is 5.13 Å². The number of rotatable bonds is 5. The molecule has 6 nitrogen and oxygen atoms in total. The summed E-state index contributed by atoms with van der Waals surface area (Å²) in [6.07, 6.45) is 0.728. The number of anilines is 1. The molecule has 0 unspecified atom stereocenters. The summed E-state index contributed by atoms with van der Waals surface area (Å²) in [6, 6.07) is 1.14. The van der Waals surface area contributed by atoms with E-state index in [4.69, 9.17) is 5.11 Å². The first kappa shape index (κ1) is 14.9. The average molecular weight is 332 g/mol. The van der Waals surface area contributed by atoms with Gasteiger partial charge in [0.1, 0.15) is 4.21 Å². The molecule has 0 fully saturated rings. The molecule has 0 spiro atoms. The van der Waals surface area contributed by atoms with E-state index in [9.17, 15) is 13.2 Å². The molecule has 20 heavy (non-hydrogen) atoms. The molecule has 2 N–H and O–H groups in total. The Balaban J connectivity index is 2.27. The van der Waals surface area contributed by atoms with Crippen molar-refractivity contribution in [3.63, 3.8) is 0 Å². The van der Waals surface area contributed by atoms with E-state index in [1.165, 1.54) is 16.7 Å². The Morgan fingerprint density at radius 1 is 1.50 bits per heavy atom. The van der Waals surface area contributed by atoms with Crippen LogP contribution in [-0.4, -0.2) is 24.5 Å². The molecular weight excluding hydrogens is 320 g/mol. The van der Waals surface area contributed by atoms with E-state index >= 15 is 0 Å². The number of aromatic carboxylic acids is 1. The van der Waals surface area contributed by atoms with Gasteiger partial charge in [0.15, 0.2) is 5.13 Å². The Hall–Kier alpha value is -1.45. The Morgan fingerprint density at radius 2 is 2.20 bits per heavy atom. The lowest BCUT2D eigenvalue weighted by Gasteiger charge is -2.01. The van der Waals surface area contributed by atoms with Crippen LogP contribution in [0.5, 0.6) is 0 Å². The topological polar surface area (TPSA) is 96.4 Å². The van der Waals surface area contributed by atoms with Gasteiger partial charge in [-0.05, 0) is 19.4 Å². The Bertz CT molecular complexity index is 746. The number of sulfonamides is 1. The number of carboxylic acid groups (broad SMARTS) is 1. The van der Waals surface area contributed by atoms with Crippen LogP contribution < -0.4 is 4.72 Å². The summed E-state index contributed by atoms with van der Waals surface area (Å²) in [7, 11) is -3.78. The number of nitrogens with zero attached hydrogens (tertiary/aromatic N) is 1. The standard InChI is InChI=1S/C11H12N2O4S3/c1-3-8-6(2)19-11(12-8)13-20(16,17)9-4-7(5-18-9)10(14)15/h4-5H,3H2,1-2H3,(H,12,13)(H,14,15). The number of aromatic nitrogens is 1. The highest BCUT2D eigenvalue weighted by Crippen LogP contribution is 2.27. The molecule has 0 atom stereocenters. The number of thiophene rings is 1. The minimum atomic E-state index is -3.78. The van der Waals surface area contributed by atoms with Crippen LogP contribution >= 0.6 is 22.7 Å². The Kier molecular flexibility index (Phi) is 4.11. The number of carboxylic acids is 1. The van der Waals surface area contributed by atoms with Crippen molar-refractivity contribution in [1.29, 1.82) is 0 Å². The highest BCUT2D eigenvalue weighted by atomic mass is 32.2. The molecule has 0 aliphatic rings. The quantitative estimate of drug-likeness (QED) is 0.877. The summed E-state index contributed by atoms with van der Waals surface area (Å²) in [5.74, 6) is -1.15. The van der Waals surface area contributed by atoms with Gasteiger partial charge < -0.3 is 5.11 Å². The largest absolute Gasteiger partial charge is 0.478 e. The zero-order valence-electron chi connectivity index (χ0n) is 10.7. The van der Waals surface area contributed by atoms with Crippen molar-refractivity contribution in [1.82, 2.24) is 4.98 Å². The molecule has 2 heterocycles. The number of aryl methyl sites for hydroxylation is 2. The molecule has 108 valence electrons. The molecule has 0 bridgehead atoms. The molecular formula is C11H12N2O4S3. The van der Waals surface area contributed by atoms with Crippen LogP contribution in [-0.2, 0) is 16.4 Å². The molecule has 0 aromatic carbocycles. The number of hydrogen-bond acceptors (Lipinski definition) is 6. The summed E-state index contributed by atoms with van der Waals surface area (Å²) in [6.45, 7) is 3.82. The number of nitrogens with one attached hydrogen (secondary N) is 1. The third kappa shape index (κ3) is 3.00. The molecule has 2 aromatic rings. The molecule has 2 aromatic heterocycles. The second-order valence-corrected chi connectivity index (χ2v) is 7.96. The molecule has 0 aliphatic carbocycles. The monoisotopic (exact) mass is 332 g/mol. The van der Waals surface area contributed by atoms with Crippen molar-refractivity contribution in [2.24, 2.45) is 0 Å². The molecule has 0 saturated carbocycles. The lowest BCUT2D eigenvalue weighted by Crippen LogP contribution is -2.11. The molecule has 2 rings (SSSR count). The van der Waals surface area contributed by atoms with Gasteiger partial charge in [-0.2, -0.15) is 0 Å². The highest BCUT2D eigenvalue weighted by Gasteiger charge is 2.20. The first-order valence-electron chi connectivity index (χ1n) is 5.64. The van der Waals surface area contributed by atoms with E-state index in [0.717, 1.165) is 34.4 Å². The van der Waals surface area contributed by atoms with Gasteiger partial charge in [0.05, 0.1) is 11.3 Å². The molecule has 0 amide bonds. The SMILES string of the molecule is CCc1nc(NS(=O)(=O)c2cc(C(=O)O)cs2)sc1C. The van der Waals surface area contributed by atoms with Crippen LogP contribution in [0.3, 0.4) is 0 Å². The van der Waals surface area contributed by atoms with E-state index in [-0.39, 0.29) is 9.77 Å². The summed E-state index contributed by atoms with van der Waals surface area (Å²) < 4.78 is 26.6. The lowest BCUT2D eigenvalue weighted by molar-refractivity contribution is 0.0697. The normalized spacial score (nSPS) is 11.5. The van der Waals surface area contributed by atoms with Gasteiger partial charge >= 0.3 is 5.97 Å². The van der Waals surface area contributed by atoms with Crippen molar-refractivity contribution in [2.45, 2.75) is 24.5 Å². The smallest absolute Gasteiger partial charge is 0.336 e. The summed E-state index contributed by atoms with van der Waals surface area (Å²) >= 11 is 2.13. The first-order valence-corrected chi connectivity index (χ1v) is 8.82. The summed E-state index contributed by atoms with van der Waals surface area (Å²) in [5.41, 5.74) is 0.810. The van der Waals surface area contributed by atoms with E-state index in [1.54, 1.807) is 0 Å². The van der Waals surface area contributed by atoms with Crippen molar-refractivity contribution < 1.29 is 18.3 Å². The number of hydrogen-bond donors (Lipinski definition) is 2. The van der Waals surface area contributed by atoms with Crippen molar-refractivity contribution in [2.75, 3.05) is 4.72 Å². The zero-order chi connectivity index (χ0) is 14.9. The van der Waals surface area contributed by atoms with Crippen LogP contribution in [0.1, 0.15) is 27.9 Å². The third-order valence-corrected chi connectivity index (χ3v) is 6.37. The number of thiazole rings is 1. The Labute approximate surface area is 124 Å². The van der Waals surface area contributed by atoms with Gasteiger partial charge in [0.25, 0.3) is 10.0 Å². The fraction of sp³-hybridized carbons (Fsp3) is 0.273. The maximum atomic E-state index is 12.1. The van der Waals surface area contributed by atoms with Crippen molar-refractivity contribution in [3.8, 4) is 0 Å². The minimum Gasteiger partial charge on any atom is -0.478 e. The van der Waals surface area contributed by atoms with Gasteiger partial charge in [-0.3, -0.25) is 4.72 Å². The maximum absolute atomic E-state index is 12.1. The van der Waals surface area contributed by atoms with Crippen molar-refractivity contribution in [3.05, 3.63) is 27.6 Å². The van der Waals surface area contributed by atoms with Crippen molar-refractivity contribution >= 4 is 43.8 Å². The highest BCUT2D eigenvalue weighted by molar-refractivity contribution is 7.94. The third-order valence-electron chi connectivity index (χ3n) is 2.54. The number of carbonyl (C=O) groups is 1. The molecule has 0 aliphatic heterocycles. The van der Waals surface area contributed by atoms with Gasteiger partial charge in [0.2, 0.25) is 0 Å². The van der Waals surface area contributed by atoms with Crippen LogP contribution in [0.25, 0.3) is 0 Å². The first-order chi connectivity index (χ1) is 9.33. The van der Waals surface area contributed by atoms with E-state index in [0.29, 0.717) is 5.13 Å².